The first kappa shape index (κ1) is 25.2. The molecule has 190 valence electrons. The average Bonchev–Trinajstić information content (AvgIpc) is 3.46. The number of para-hydroxylation sites is 1. The molecule has 1 saturated heterocycles. The summed E-state index contributed by atoms with van der Waals surface area (Å²) >= 11 is 0. The van der Waals surface area contributed by atoms with E-state index in [1.54, 1.807) is 17.0 Å². The molecule has 3 atom stereocenters. The third-order valence-electron chi connectivity index (χ3n) is 7.40. The molecule has 0 radical (unpaired) electrons. The first-order chi connectivity index (χ1) is 16.6. The smallest absolute Gasteiger partial charge is 0.260 e. The Hall–Kier alpha value is -2.93. The lowest BCUT2D eigenvalue weighted by molar-refractivity contribution is 0.0986. The van der Waals surface area contributed by atoms with Crippen LogP contribution in [0.5, 0.6) is 17.2 Å². The number of carbonyl (C=O) groups excluding carboxylic acids is 1. The Kier molecular flexibility index (Phi) is 7.17. The maximum absolute atomic E-state index is 13.5. The molecular formula is C28H38N2O5. The van der Waals surface area contributed by atoms with Crippen LogP contribution in [0.15, 0.2) is 30.3 Å². The number of anilines is 3. The van der Waals surface area contributed by atoms with Crippen molar-refractivity contribution in [3.63, 3.8) is 0 Å². The first-order valence-electron chi connectivity index (χ1n) is 12.7. The van der Waals surface area contributed by atoms with Gasteiger partial charge in [-0.05, 0) is 56.6 Å². The fourth-order valence-electron chi connectivity index (χ4n) is 5.06. The second-order valence-electron chi connectivity index (χ2n) is 10.8. The molecule has 0 aliphatic carbocycles. The lowest BCUT2D eigenvalue weighted by Gasteiger charge is -2.25. The van der Waals surface area contributed by atoms with Crippen LogP contribution in [0.1, 0.15) is 76.6 Å². The Labute approximate surface area is 207 Å². The fourth-order valence-corrected chi connectivity index (χ4v) is 5.06. The molecule has 2 aromatic carbocycles. The second-order valence-corrected chi connectivity index (χ2v) is 10.8. The predicted octanol–water partition coefficient (Wildman–Crippen LogP) is 6.30. The van der Waals surface area contributed by atoms with E-state index >= 15 is 0 Å². The first-order valence-corrected chi connectivity index (χ1v) is 12.7. The molecule has 2 aliphatic heterocycles. The molecule has 7 heteroatoms. The molecule has 4 N–H and O–H groups in total. The Morgan fingerprint density at radius 2 is 1.83 bits per heavy atom. The highest BCUT2D eigenvalue weighted by molar-refractivity contribution is 6.15. The third-order valence-corrected chi connectivity index (χ3v) is 7.40. The molecule has 3 unspecified atom stereocenters. The van der Waals surface area contributed by atoms with E-state index in [9.17, 15) is 20.1 Å². The summed E-state index contributed by atoms with van der Waals surface area (Å²) in [7, 11) is 0. The molecule has 7 nitrogen and oxygen atoms in total. The van der Waals surface area contributed by atoms with Gasteiger partial charge in [0, 0.05) is 18.7 Å². The number of amides is 1. The average molecular weight is 483 g/mol. The maximum Gasteiger partial charge on any atom is 0.260 e. The number of nitrogens with zero attached hydrogens (tertiary/aromatic N) is 1. The number of carbonyl (C=O) groups is 1. The zero-order valence-electron chi connectivity index (χ0n) is 21.2. The summed E-state index contributed by atoms with van der Waals surface area (Å²) in [6.45, 7) is 9.32. The van der Waals surface area contributed by atoms with Gasteiger partial charge in [-0.3, -0.25) is 4.79 Å². The molecule has 1 amide bonds. The van der Waals surface area contributed by atoms with Crippen molar-refractivity contribution in [3.8, 4) is 17.2 Å². The molecule has 0 aromatic heterocycles. The molecule has 0 saturated carbocycles. The normalized spacial score (nSPS) is 21.8. The third kappa shape index (κ3) is 5.50. The van der Waals surface area contributed by atoms with Gasteiger partial charge in [0.1, 0.15) is 22.9 Å². The van der Waals surface area contributed by atoms with Crippen LogP contribution < -0.4 is 10.2 Å². The Morgan fingerprint density at radius 3 is 2.57 bits per heavy atom. The zero-order chi connectivity index (χ0) is 25.3. The van der Waals surface area contributed by atoms with Crippen LogP contribution in [0.2, 0.25) is 0 Å². The van der Waals surface area contributed by atoms with Crippen LogP contribution in [0.4, 0.5) is 17.1 Å². The standard InChI is InChI=1S/C28H38N2O5/c1-17(2)7-6-13-28(4)24(35-28)11-10-18(3)12-14-30-21-15-19(31)16-23(33)26(21)29-25-20(27(30)34)8-5-9-22(25)32/h5,8-9,15-18,24,29,31-33H,6-7,10-14H2,1-4H3. The van der Waals surface area contributed by atoms with Gasteiger partial charge >= 0.3 is 0 Å². The molecule has 0 bridgehead atoms. The molecule has 35 heavy (non-hydrogen) atoms. The Morgan fingerprint density at radius 1 is 1.06 bits per heavy atom. The summed E-state index contributed by atoms with van der Waals surface area (Å²) in [5, 5.41) is 34.0. The highest BCUT2D eigenvalue weighted by Crippen LogP contribution is 2.46. The van der Waals surface area contributed by atoms with Gasteiger partial charge in [0.25, 0.3) is 5.91 Å². The highest BCUT2D eigenvalue weighted by Gasteiger charge is 2.50. The number of phenolic OH excluding ortho intramolecular Hbond substituents is 3. The number of epoxide rings is 1. The quantitative estimate of drug-likeness (QED) is 0.180. The van der Waals surface area contributed by atoms with Crippen molar-refractivity contribution in [3.05, 3.63) is 35.9 Å². The van der Waals surface area contributed by atoms with Crippen LogP contribution >= 0.6 is 0 Å². The van der Waals surface area contributed by atoms with Crippen LogP contribution in [0, 0.1) is 11.8 Å². The summed E-state index contributed by atoms with van der Waals surface area (Å²) in [6.07, 6.45) is 6.60. The minimum Gasteiger partial charge on any atom is -0.508 e. The minimum atomic E-state index is -0.289. The van der Waals surface area contributed by atoms with Crippen molar-refractivity contribution < 1.29 is 24.9 Å². The number of phenols is 3. The number of hydrogen-bond acceptors (Lipinski definition) is 6. The van der Waals surface area contributed by atoms with Gasteiger partial charge in [0.15, 0.2) is 0 Å². The van der Waals surface area contributed by atoms with Gasteiger partial charge < -0.3 is 30.3 Å². The van der Waals surface area contributed by atoms with Crippen LogP contribution in [0.25, 0.3) is 0 Å². The van der Waals surface area contributed by atoms with E-state index in [0.717, 1.165) is 31.6 Å². The van der Waals surface area contributed by atoms with E-state index in [1.807, 2.05) is 0 Å². The molecule has 2 aliphatic rings. The van der Waals surface area contributed by atoms with Crippen LogP contribution in [-0.2, 0) is 4.74 Å². The van der Waals surface area contributed by atoms with E-state index in [0.29, 0.717) is 29.8 Å². The number of hydrogen-bond donors (Lipinski definition) is 4. The molecule has 2 heterocycles. The summed E-state index contributed by atoms with van der Waals surface area (Å²) in [5.74, 6) is 0.392. The van der Waals surface area contributed by atoms with Gasteiger partial charge in [-0.15, -0.1) is 0 Å². The topological polar surface area (TPSA) is 106 Å². The number of benzene rings is 2. The maximum atomic E-state index is 13.5. The van der Waals surface area contributed by atoms with Crippen LogP contribution in [0.3, 0.4) is 0 Å². The second kappa shape index (κ2) is 9.97. The van der Waals surface area contributed by atoms with E-state index in [-0.39, 0.29) is 40.1 Å². The van der Waals surface area contributed by atoms with Crippen molar-refractivity contribution >= 4 is 23.0 Å². The Balaban J connectivity index is 1.42. The number of rotatable bonds is 10. The van der Waals surface area contributed by atoms with E-state index in [2.05, 4.69) is 33.0 Å². The zero-order valence-corrected chi connectivity index (χ0v) is 21.2. The molecular weight excluding hydrogens is 444 g/mol. The summed E-state index contributed by atoms with van der Waals surface area (Å²) in [4.78, 5) is 15.1. The van der Waals surface area contributed by atoms with Crippen molar-refractivity contribution in [2.75, 3.05) is 16.8 Å². The minimum absolute atomic E-state index is 0.0146. The van der Waals surface area contributed by atoms with Gasteiger partial charge in [-0.25, -0.2) is 0 Å². The monoisotopic (exact) mass is 482 g/mol. The molecule has 4 rings (SSSR count). The van der Waals surface area contributed by atoms with Crippen molar-refractivity contribution in [2.45, 2.75) is 77.9 Å². The lowest BCUT2D eigenvalue weighted by atomic mass is 9.92. The number of fused-ring (bicyclic) bond motifs is 2. The van der Waals surface area contributed by atoms with Crippen LogP contribution in [-0.4, -0.2) is 39.5 Å². The summed E-state index contributed by atoms with van der Waals surface area (Å²) < 4.78 is 6.04. The largest absolute Gasteiger partial charge is 0.508 e. The fraction of sp³-hybridized carbons (Fsp3) is 0.536. The molecule has 1 fully saturated rings. The van der Waals surface area contributed by atoms with Crippen molar-refractivity contribution in [2.24, 2.45) is 11.8 Å². The molecule has 0 spiro atoms. The molecule has 2 aromatic rings. The van der Waals surface area contributed by atoms with E-state index < -0.39 is 0 Å². The SMILES string of the molecule is CC(C)CCCC1(C)OC1CCC(C)CCN1C(=O)c2cccc(O)c2Nc2c(O)cc(O)cc21. The van der Waals surface area contributed by atoms with Gasteiger partial charge in [-0.1, -0.05) is 39.7 Å². The lowest BCUT2D eigenvalue weighted by Crippen LogP contribution is -2.32. The number of ether oxygens (including phenoxy) is 1. The van der Waals surface area contributed by atoms with Crippen molar-refractivity contribution in [1.82, 2.24) is 0 Å². The number of aromatic hydroxyl groups is 3. The highest BCUT2D eigenvalue weighted by atomic mass is 16.6. The van der Waals surface area contributed by atoms with Gasteiger partial charge in [0.05, 0.1) is 28.6 Å². The van der Waals surface area contributed by atoms with Gasteiger partial charge in [0.2, 0.25) is 0 Å². The van der Waals surface area contributed by atoms with Gasteiger partial charge in [-0.2, -0.15) is 0 Å². The summed E-state index contributed by atoms with van der Waals surface area (Å²) in [5.41, 5.74) is 1.25. The number of nitrogens with one attached hydrogen (secondary N) is 1. The Bertz CT molecular complexity index is 1090. The summed E-state index contributed by atoms with van der Waals surface area (Å²) in [6, 6.07) is 7.44. The van der Waals surface area contributed by atoms with Crippen molar-refractivity contribution in [1.29, 1.82) is 0 Å². The predicted molar refractivity (Wildman–Crippen MR) is 138 cm³/mol. The van der Waals surface area contributed by atoms with E-state index in [1.165, 1.54) is 31.0 Å². The van der Waals surface area contributed by atoms with E-state index in [4.69, 9.17) is 4.74 Å².